The molecule has 1 N–H and O–H groups in total. The molecule has 2 heterocycles. The fourth-order valence-electron chi connectivity index (χ4n) is 3.36. The molecule has 0 bridgehead atoms. The molecule has 0 aliphatic carbocycles. The van der Waals surface area contributed by atoms with Crippen molar-refractivity contribution in [3.05, 3.63) is 89.0 Å². The number of ether oxygens (including phenoxy) is 1. The van der Waals surface area contributed by atoms with Crippen molar-refractivity contribution in [3.63, 3.8) is 0 Å². The molecule has 2 aromatic heterocycles. The number of benzene rings is 3. The number of tetrazole rings is 1. The zero-order valence-electron chi connectivity index (χ0n) is 16.7. The van der Waals surface area contributed by atoms with Crippen molar-refractivity contribution in [3.8, 4) is 28.3 Å². The molecule has 0 aliphatic rings. The Kier molecular flexibility index (Phi) is 4.72. The highest BCUT2D eigenvalue weighted by atomic mass is 16.5. The Labute approximate surface area is 177 Å². The van der Waals surface area contributed by atoms with Gasteiger partial charge in [-0.05, 0) is 40.6 Å². The van der Waals surface area contributed by atoms with Crippen LogP contribution in [0.4, 0.5) is 0 Å². The quantitative estimate of drug-likeness (QED) is 0.477. The minimum Gasteiger partial charge on any atom is -0.497 e. The van der Waals surface area contributed by atoms with E-state index in [9.17, 15) is 4.79 Å². The Bertz CT molecular complexity index is 1410. The maximum Gasteiger partial charge on any atom is 0.258 e. The molecule has 3 aromatic carbocycles. The SMILES string of the molecule is COc1ccc(-c2ccc(-c3nnn(Cc4nc5ccccc5c(=O)[nH]4)n3)cc2)cc1. The highest BCUT2D eigenvalue weighted by Crippen LogP contribution is 2.24. The number of methoxy groups -OCH3 is 1. The van der Waals surface area contributed by atoms with Crippen LogP contribution >= 0.6 is 0 Å². The first-order valence-corrected chi connectivity index (χ1v) is 9.70. The van der Waals surface area contributed by atoms with Crippen LogP contribution in [-0.4, -0.2) is 37.3 Å². The molecule has 0 saturated heterocycles. The van der Waals surface area contributed by atoms with Crippen LogP contribution in [0.15, 0.2) is 77.6 Å². The zero-order chi connectivity index (χ0) is 21.2. The minimum atomic E-state index is -0.185. The van der Waals surface area contributed by atoms with E-state index in [2.05, 4.69) is 25.4 Å². The van der Waals surface area contributed by atoms with Crippen LogP contribution in [0.2, 0.25) is 0 Å². The van der Waals surface area contributed by atoms with Crippen molar-refractivity contribution >= 4 is 10.9 Å². The summed E-state index contributed by atoms with van der Waals surface area (Å²) in [6.45, 7) is 0.219. The number of nitrogens with zero attached hydrogens (tertiary/aromatic N) is 5. The van der Waals surface area contributed by atoms with E-state index < -0.39 is 0 Å². The van der Waals surface area contributed by atoms with Crippen molar-refractivity contribution in [2.75, 3.05) is 7.11 Å². The molecular weight excluding hydrogens is 392 g/mol. The van der Waals surface area contributed by atoms with Crippen LogP contribution in [-0.2, 0) is 6.54 Å². The maximum atomic E-state index is 12.2. The summed E-state index contributed by atoms with van der Waals surface area (Å²) < 4.78 is 5.20. The number of aromatic amines is 1. The lowest BCUT2D eigenvalue weighted by Gasteiger charge is -2.04. The van der Waals surface area contributed by atoms with E-state index in [1.807, 2.05) is 60.7 Å². The van der Waals surface area contributed by atoms with Crippen LogP contribution < -0.4 is 10.3 Å². The Hall–Kier alpha value is -4.33. The van der Waals surface area contributed by atoms with Crippen LogP contribution in [0.3, 0.4) is 0 Å². The van der Waals surface area contributed by atoms with Crippen molar-refractivity contribution in [1.82, 2.24) is 30.2 Å². The van der Waals surface area contributed by atoms with Crippen LogP contribution in [0, 0.1) is 0 Å². The summed E-state index contributed by atoms with van der Waals surface area (Å²) >= 11 is 0. The molecule has 0 unspecified atom stereocenters. The van der Waals surface area contributed by atoms with Gasteiger partial charge in [0.15, 0.2) is 0 Å². The molecule has 5 aromatic rings. The lowest BCUT2D eigenvalue weighted by atomic mass is 10.0. The van der Waals surface area contributed by atoms with Crippen molar-refractivity contribution in [2.45, 2.75) is 6.54 Å². The van der Waals surface area contributed by atoms with Gasteiger partial charge in [0, 0.05) is 5.56 Å². The van der Waals surface area contributed by atoms with Gasteiger partial charge in [0.25, 0.3) is 5.56 Å². The lowest BCUT2D eigenvalue weighted by molar-refractivity contribution is 0.415. The van der Waals surface area contributed by atoms with E-state index in [-0.39, 0.29) is 12.1 Å². The molecule has 0 aliphatic heterocycles. The lowest BCUT2D eigenvalue weighted by Crippen LogP contribution is -2.15. The number of aromatic nitrogens is 6. The number of H-pyrrole nitrogens is 1. The number of para-hydroxylation sites is 1. The number of rotatable bonds is 5. The molecule has 0 amide bonds. The third-order valence-corrected chi connectivity index (χ3v) is 4.97. The Morgan fingerprint density at radius 2 is 1.58 bits per heavy atom. The predicted octanol–water partition coefficient (Wildman–Crippen LogP) is 3.30. The normalized spacial score (nSPS) is 11.0. The molecule has 0 atom stereocenters. The summed E-state index contributed by atoms with van der Waals surface area (Å²) in [6, 6.07) is 23.0. The van der Waals surface area contributed by atoms with Gasteiger partial charge in [0.1, 0.15) is 18.1 Å². The fraction of sp³-hybridized carbons (Fsp3) is 0.0870. The van der Waals surface area contributed by atoms with Crippen LogP contribution in [0.25, 0.3) is 33.4 Å². The summed E-state index contributed by atoms with van der Waals surface area (Å²) in [4.78, 5) is 20.9. The Balaban J connectivity index is 1.36. The molecule has 8 heteroatoms. The van der Waals surface area contributed by atoms with Gasteiger partial charge in [0.05, 0.1) is 18.0 Å². The third kappa shape index (κ3) is 3.78. The molecule has 31 heavy (non-hydrogen) atoms. The third-order valence-electron chi connectivity index (χ3n) is 4.97. The second-order valence-corrected chi connectivity index (χ2v) is 6.98. The number of hydrogen-bond acceptors (Lipinski definition) is 6. The van der Waals surface area contributed by atoms with E-state index in [1.54, 1.807) is 19.2 Å². The highest BCUT2D eigenvalue weighted by molar-refractivity contribution is 5.77. The molecular formula is C23H18N6O2. The topological polar surface area (TPSA) is 98.6 Å². The largest absolute Gasteiger partial charge is 0.497 e. The van der Waals surface area contributed by atoms with Crippen molar-refractivity contribution in [2.24, 2.45) is 0 Å². The maximum absolute atomic E-state index is 12.2. The summed E-state index contributed by atoms with van der Waals surface area (Å²) in [7, 11) is 1.65. The molecule has 152 valence electrons. The number of fused-ring (bicyclic) bond motifs is 1. The van der Waals surface area contributed by atoms with Gasteiger partial charge in [-0.2, -0.15) is 4.80 Å². The van der Waals surface area contributed by atoms with Crippen LogP contribution in [0.1, 0.15) is 5.82 Å². The van der Waals surface area contributed by atoms with Gasteiger partial charge in [-0.25, -0.2) is 4.98 Å². The standard InChI is InChI=1S/C23H18N6O2/c1-31-18-12-10-16(11-13-18)15-6-8-17(9-7-15)22-26-28-29(27-22)14-21-24-20-5-3-2-4-19(20)23(30)25-21/h2-13H,14H2,1H3,(H,24,25,30). The van der Waals surface area contributed by atoms with Gasteiger partial charge >= 0.3 is 0 Å². The van der Waals surface area contributed by atoms with E-state index in [0.29, 0.717) is 22.6 Å². The molecule has 0 saturated carbocycles. The predicted molar refractivity (Wildman–Crippen MR) is 117 cm³/mol. The first-order chi connectivity index (χ1) is 15.2. The molecule has 5 rings (SSSR count). The van der Waals surface area contributed by atoms with Crippen molar-refractivity contribution in [1.29, 1.82) is 0 Å². The number of nitrogens with one attached hydrogen (secondary N) is 1. The van der Waals surface area contributed by atoms with Crippen LogP contribution in [0.5, 0.6) is 5.75 Å². The first kappa shape index (κ1) is 18.7. The summed E-state index contributed by atoms with van der Waals surface area (Å²) in [5.74, 6) is 1.80. The van der Waals surface area contributed by atoms with Gasteiger partial charge in [0.2, 0.25) is 5.82 Å². The van der Waals surface area contributed by atoms with Gasteiger partial charge < -0.3 is 9.72 Å². The van der Waals surface area contributed by atoms with Gasteiger partial charge in [-0.15, -0.1) is 10.2 Å². The Morgan fingerprint density at radius 1 is 0.903 bits per heavy atom. The second-order valence-electron chi connectivity index (χ2n) is 6.98. The van der Waals surface area contributed by atoms with Gasteiger partial charge in [-0.1, -0.05) is 48.5 Å². The molecule has 0 spiro atoms. The number of hydrogen-bond donors (Lipinski definition) is 1. The second kappa shape index (κ2) is 7.83. The van der Waals surface area contributed by atoms with E-state index in [1.165, 1.54) is 4.80 Å². The molecule has 8 nitrogen and oxygen atoms in total. The smallest absolute Gasteiger partial charge is 0.258 e. The average molecular weight is 410 g/mol. The van der Waals surface area contributed by atoms with Crippen molar-refractivity contribution < 1.29 is 4.74 Å². The monoisotopic (exact) mass is 410 g/mol. The average Bonchev–Trinajstić information content (AvgIpc) is 3.28. The summed E-state index contributed by atoms with van der Waals surface area (Å²) in [5.41, 5.74) is 3.47. The minimum absolute atomic E-state index is 0.185. The van der Waals surface area contributed by atoms with E-state index >= 15 is 0 Å². The molecule has 0 radical (unpaired) electrons. The molecule has 0 fully saturated rings. The summed E-state index contributed by atoms with van der Waals surface area (Å²) in [5, 5.41) is 13.2. The van der Waals surface area contributed by atoms with Gasteiger partial charge in [-0.3, -0.25) is 4.79 Å². The zero-order valence-corrected chi connectivity index (χ0v) is 16.7. The van der Waals surface area contributed by atoms with E-state index in [0.717, 1.165) is 22.4 Å². The van der Waals surface area contributed by atoms with E-state index in [4.69, 9.17) is 4.74 Å². The fourth-order valence-corrected chi connectivity index (χ4v) is 3.36. The summed E-state index contributed by atoms with van der Waals surface area (Å²) in [6.07, 6.45) is 0. The Morgan fingerprint density at radius 3 is 2.32 bits per heavy atom. The highest BCUT2D eigenvalue weighted by Gasteiger charge is 2.09. The first-order valence-electron chi connectivity index (χ1n) is 9.70.